The first kappa shape index (κ1) is 18.0. The molecule has 0 saturated carbocycles. The van der Waals surface area contributed by atoms with Crippen LogP contribution in [0.15, 0.2) is 84.9 Å². The third-order valence-electron chi connectivity index (χ3n) is 5.06. The normalized spacial score (nSPS) is 15.4. The third-order valence-corrected chi connectivity index (χ3v) is 5.06. The highest BCUT2D eigenvalue weighted by atomic mass is 16.2. The molecule has 1 atom stereocenters. The van der Waals surface area contributed by atoms with Gasteiger partial charge in [0.05, 0.1) is 0 Å². The third kappa shape index (κ3) is 3.67. The zero-order chi connectivity index (χ0) is 19.3. The number of fused-ring (bicyclic) bond motifs is 1. The molecule has 0 aliphatic carbocycles. The van der Waals surface area contributed by atoms with Crippen LogP contribution in [-0.4, -0.2) is 23.3 Å². The number of amides is 2. The highest BCUT2D eigenvalue weighted by molar-refractivity contribution is 6.04. The largest absolute Gasteiger partial charge is 0.354 e. The van der Waals surface area contributed by atoms with Crippen molar-refractivity contribution >= 4 is 11.8 Å². The number of nitrogens with zero attached hydrogens (tertiary/aromatic N) is 1. The van der Waals surface area contributed by atoms with Crippen LogP contribution in [0.3, 0.4) is 0 Å². The number of nitrogens with one attached hydrogen (secondary N) is 1. The van der Waals surface area contributed by atoms with E-state index in [0.717, 1.165) is 17.5 Å². The Morgan fingerprint density at radius 1 is 0.821 bits per heavy atom. The molecule has 0 saturated heterocycles. The van der Waals surface area contributed by atoms with Crippen LogP contribution in [0.25, 0.3) is 0 Å². The average molecular weight is 370 g/mol. The van der Waals surface area contributed by atoms with Crippen molar-refractivity contribution in [2.24, 2.45) is 0 Å². The summed E-state index contributed by atoms with van der Waals surface area (Å²) in [5.41, 5.74) is 3.57. The van der Waals surface area contributed by atoms with Crippen molar-refractivity contribution in [2.75, 3.05) is 6.54 Å². The molecular weight excluding hydrogens is 348 g/mol. The van der Waals surface area contributed by atoms with Crippen LogP contribution in [0.4, 0.5) is 0 Å². The molecule has 1 aliphatic heterocycles. The molecule has 3 aromatic rings. The topological polar surface area (TPSA) is 49.4 Å². The quantitative estimate of drug-likeness (QED) is 0.719. The van der Waals surface area contributed by atoms with E-state index in [0.29, 0.717) is 18.7 Å². The maximum Gasteiger partial charge on any atom is 0.255 e. The summed E-state index contributed by atoms with van der Waals surface area (Å²) in [6.45, 7) is 0.944. The first-order valence-corrected chi connectivity index (χ1v) is 9.49. The molecule has 3 aromatic carbocycles. The number of rotatable bonds is 6. The van der Waals surface area contributed by atoms with Gasteiger partial charge in [-0.05, 0) is 29.2 Å². The van der Waals surface area contributed by atoms with Crippen molar-refractivity contribution in [2.45, 2.75) is 19.0 Å². The van der Waals surface area contributed by atoms with E-state index in [1.54, 1.807) is 11.0 Å². The summed E-state index contributed by atoms with van der Waals surface area (Å²) >= 11 is 0. The highest BCUT2D eigenvalue weighted by Gasteiger charge is 2.40. The number of benzene rings is 3. The van der Waals surface area contributed by atoms with E-state index in [1.807, 2.05) is 78.9 Å². The Balaban J connectivity index is 1.52. The lowest BCUT2D eigenvalue weighted by Gasteiger charge is -2.25. The molecule has 4 nitrogen and oxygen atoms in total. The molecule has 1 heterocycles. The molecular formula is C24H22N2O2. The lowest BCUT2D eigenvalue weighted by molar-refractivity contribution is -0.125. The molecule has 0 bridgehead atoms. The maximum atomic E-state index is 13.0. The van der Waals surface area contributed by atoms with Crippen LogP contribution < -0.4 is 5.32 Å². The second-order valence-electron chi connectivity index (χ2n) is 6.94. The van der Waals surface area contributed by atoms with E-state index >= 15 is 0 Å². The van der Waals surface area contributed by atoms with Crippen LogP contribution in [0.5, 0.6) is 0 Å². The number of carbonyl (C=O) groups excluding carboxylic acids is 2. The SMILES string of the molecule is O=C(NCCc1ccccc1)[C@@H]1c2ccccc2C(=O)N1Cc1ccccc1. The Bertz CT molecular complexity index is 970. The van der Waals surface area contributed by atoms with Crippen molar-refractivity contribution in [3.8, 4) is 0 Å². The first-order valence-electron chi connectivity index (χ1n) is 9.49. The van der Waals surface area contributed by atoms with Gasteiger partial charge in [0, 0.05) is 18.7 Å². The number of carbonyl (C=O) groups is 2. The van der Waals surface area contributed by atoms with E-state index < -0.39 is 6.04 Å². The van der Waals surface area contributed by atoms with Crippen LogP contribution >= 0.6 is 0 Å². The van der Waals surface area contributed by atoms with Gasteiger partial charge in [-0.2, -0.15) is 0 Å². The van der Waals surface area contributed by atoms with Gasteiger partial charge in [-0.25, -0.2) is 0 Å². The van der Waals surface area contributed by atoms with Crippen LogP contribution in [0, 0.1) is 0 Å². The van der Waals surface area contributed by atoms with Gasteiger partial charge in [0.25, 0.3) is 5.91 Å². The van der Waals surface area contributed by atoms with Gasteiger partial charge in [0.1, 0.15) is 6.04 Å². The summed E-state index contributed by atoms with van der Waals surface area (Å²) in [6.07, 6.45) is 0.758. The summed E-state index contributed by atoms with van der Waals surface area (Å²) in [4.78, 5) is 27.7. The minimum atomic E-state index is -0.598. The van der Waals surface area contributed by atoms with E-state index in [9.17, 15) is 9.59 Å². The Kier molecular flexibility index (Phi) is 5.20. The predicted octanol–water partition coefficient (Wildman–Crippen LogP) is 3.74. The van der Waals surface area contributed by atoms with Crippen molar-refractivity contribution in [3.05, 3.63) is 107 Å². The van der Waals surface area contributed by atoms with Crippen LogP contribution in [0.1, 0.15) is 33.1 Å². The molecule has 0 aromatic heterocycles. The highest BCUT2D eigenvalue weighted by Crippen LogP contribution is 2.34. The van der Waals surface area contributed by atoms with Gasteiger partial charge < -0.3 is 10.2 Å². The van der Waals surface area contributed by atoms with E-state index in [2.05, 4.69) is 5.32 Å². The van der Waals surface area contributed by atoms with Crippen molar-refractivity contribution in [1.82, 2.24) is 10.2 Å². The molecule has 0 radical (unpaired) electrons. The van der Waals surface area contributed by atoms with Crippen molar-refractivity contribution in [1.29, 1.82) is 0 Å². The zero-order valence-corrected chi connectivity index (χ0v) is 15.5. The van der Waals surface area contributed by atoms with Gasteiger partial charge >= 0.3 is 0 Å². The molecule has 2 amide bonds. The second kappa shape index (κ2) is 8.09. The summed E-state index contributed by atoms with van der Waals surface area (Å²) in [7, 11) is 0. The zero-order valence-electron chi connectivity index (χ0n) is 15.5. The molecule has 4 rings (SSSR count). The Morgan fingerprint density at radius 3 is 2.14 bits per heavy atom. The molecule has 28 heavy (non-hydrogen) atoms. The van der Waals surface area contributed by atoms with E-state index in [4.69, 9.17) is 0 Å². The monoisotopic (exact) mass is 370 g/mol. The molecule has 140 valence electrons. The first-order chi connectivity index (χ1) is 13.7. The van der Waals surface area contributed by atoms with Gasteiger partial charge in [-0.3, -0.25) is 9.59 Å². The minimum absolute atomic E-state index is 0.0948. The fraction of sp³-hybridized carbons (Fsp3) is 0.167. The molecule has 0 unspecified atom stereocenters. The number of hydrogen-bond donors (Lipinski definition) is 1. The molecule has 1 aliphatic rings. The smallest absolute Gasteiger partial charge is 0.255 e. The molecule has 4 heteroatoms. The lowest BCUT2D eigenvalue weighted by atomic mass is 10.0. The van der Waals surface area contributed by atoms with Gasteiger partial charge in [0.15, 0.2) is 0 Å². The summed E-state index contributed by atoms with van der Waals surface area (Å²) < 4.78 is 0. The summed E-state index contributed by atoms with van der Waals surface area (Å²) in [5, 5.41) is 3.02. The van der Waals surface area contributed by atoms with E-state index in [1.165, 1.54) is 5.56 Å². The Hall–Kier alpha value is -3.40. The fourth-order valence-corrected chi connectivity index (χ4v) is 3.67. The molecule has 1 N–H and O–H groups in total. The van der Waals surface area contributed by atoms with Crippen LogP contribution in [0.2, 0.25) is 0 Å². The van der Waals surface area contributed by atoms with Gasteiger partial charge in [0.2, 0.25) is 5.91 Å². The van der Waals surface area contributed by atoms with Gasteiger partial charge in [-0.15, -0.1) is 0 Å². The van der Waals surface area contributed by atoms with Gasteiger partial charge in [-0.1, -0.05) is 78.9 Å². The Labute approximate surface area is 164 Å². The maximum absolute atomic E-state index is 13.0. The molecule has 0 spiro atoms. The average Bonchev–Trinajstić information content (AvgIpc) is 3.01. The standard InChI is InChI=1S/C24H22N2O2/c27-23(25-16-15-18-9-3-1-4-10-18)22-20-13-7-8-14-21(20)24(28)26(22)17-19-11-5-2-6-12-19/h1-14,22H,15-17H2,(H,25,27)/t22-/m0/s1. The summed E-state index contributed by atoms with van der Waals surface area (Å²) in [6, 6.07) is 26.6. The van der Waals surface area contributed by atoms with Crippen molar-refractivity contribution in [3.63, 3.8) is 0 Å². The van der Waals surface area contributed by atoms with Crippen molar-refractivity contribution < 1.29 is 9.59 Å². The van der Waals surface area contributed by atoms with E-state index in [-0.39, 0.29) is 11.8 Å². The molecule has 0 fully saturated rings. The summed E-state index contributed by atoms with van der Waals surface area (Å²) in [5.74, 6) is -0.229. The second-order valence-corrected chi connectivity index (χ2v) is 6.94. The lowest BCUT2D eigenvalue weighted by Crippen LogP contribution is -2.39. The van der Waals surface area contributed by atoms with Crippen LogP contribution in [-0.2, 0) is 17.8 Å². The number of hydrogen-bond acceptors (Lipinski definition) is 2. The Morgan fingerprint density at radius 2 is 1.43 bits per heavy atom. The predicted molar refractivity (Wildman–Crippen MR) is 109 cm³/mol. The minimum Gasteiger partial charge on any atom is -0.354 e. The fourth-order valence-electron chi connectivity index (χ4n) is 3.67.